The van der Waals surface area contributed by atoms with Gasteiger partial charge in [0.15, 0.2) is 5.11 Å². The maximum atomic E-state index is 11.6. The monoisotopic (exact) mass is 275 g/mol. The van der Waals surface area contributed by atoms with Crippen molar-refractivity contribution >= 4 is 34.6 Å². The second kappa shape index (κ2) is 5.17. The lowest BCUT2D eigenvalue weighted by atomic mass is 10.2. The zero-order valence-corrected chi connectivity index (χ0v) is 11.5. The van der Waals surface area contributed by atoms with Gasteiger partial charge in [0.2, 0.25) is 5.91 Å². The lowest BCUT2D eigenvalue weighted by molar-refractivity contribution is -0.117. The Hall–Kier alpha value is -1.62. The number of hydrogen-bond acceptors (Lipinski definition) is 2. The van der Waals surface area contributed by atoms with Crippen molar-refractivity contribution in [2.24, 2.45) is 0 Å². The minimum atomic E-state index is 0.214. The van der Waals surface area contributed by atoms with E-state index >= 15 is 0 Å². The van der Waals surface area contributed by atoms with Crippen molar-refractivity contribution in [2.75, 3.05) is 16.8 Å². The van der Waals surface area contributed by atoms with Crippen LogP contribution in [0.5, 0.6) is 0 Å². The molecule has 1 saturated heterocycles. The Morgan fingerprint density at radius 3 is 2.58 bits per heavy atom. The highest BCUT2D eigenvalue weighted by molar-refractivity contribution is 7.80. The van der Waals surface area contributed by atoms with E-state index in [4.69, 9.17) is 12.2 Å². The molecule has 2 N–H and O–H groups in total. The van der Waals surface area contributed by atoms with Crippen LogP contribution in [0.15, 0.2) is 24.3 Å². The predicted octanol–water partition coefficient (Wildman–Crippen LogP) is 2.26. The van der Waals surface area contributed by atoms with Gasteiger partial charge in [-0.1, -0.05) is 0 Å². The van der Waals surface area contributed by atoms with Gasteiger partial charge in [-0.3, -0.25) is 4.79 Å². The maximum absolute atomic E-state index is 11.6. The summed E-state index contributed by atoms with van der Waals surface area (Å²) in [5, 5.41) is 7.07. The Morgan fingerprint density at radius 2 is 2.00 bits per heavy atom. The van der Waals surface area contributed by atoms with E-state index in [0.29, 0.717) is 17.6 Å². The molecule has 1 aromatic rings. The molecule has 1 saturated carbocycles. The predicted molar refractivity (Wildman–Crippen MR) is 80.4 cm³/mol. The first-order valence-corrected chi connectivity index (χ1v) is 7.11. The van der Waals surface area contributed by atoms with E-state index in [0.717, 1.165) is 24.3 Å². The van der Waals surface area contributed by atoms with E-state index in [2.05, 4.69) is 10.6 Å². The summed E-state index contributed by atoms with van der Waals surface area (Å²) in [7, 11) is 0. The molecule has 1 amide bonds. The van der Waals surface area contributed by atoms with Gasteiger partial charge < -0.3 is 15.5 Å². The van der Waals surface area contributed by atoms with Crippen LogP contribution in [0, 0.1) is 0 Å². The van der Waals surface area contributed by atoms with Crippen molar-refractivity contribution < 1.29 is 4.79 Å². The number of amides is 1. The van der Waals surface area contributed by atoms with Crippen molar-refractivity contribution in [1.29, 1.82) is 0 Å². The number of carbonyl (C=O) groups excluding carboxylic acids is 1. The van der Waals surface area contributed by atoms with Gasteiger partial charge in [-0.2, -0.15) is 0 Å². The number of benzene rings is 1. The van der Waals surface area contributed by atoms with Crippen LogP contribution in [0.4, 0.5) is 11.4 Å². The first-order chi connectivity index (χ1) is 9.22. The molecule has 0 atom stereocenters. The Balaban J connectivity index is 1.61. The molecule has 0 radical (unpaired) electrons. The van der Waals surface area contributed by atoms with E-state index < -0.39 is 0 Å². The van der Waals surface area contributed by atoms with E-state index in [1.807, 2.05) is 29.2 Å². The van der Waals surface area contributed by atoms with Crippen LogP contribution in [0.3, 0.4) is 0 Å². The number of hydrogen-bond donors (Lipinski definition) is 2. The molecule has 4 nitrogen and oxygen atoms in total. The van der Waals surface area contributed by atoms with Crippen LogP contribution in [-0.4, -0.2) is 23.6 Å². The smallest absolute Gasteiger partial charge is 0.227 e. The summed E-state index contributed by atoms with van der Waals surface area (Å²) in [6, 6.07) is 8.40. The minimum absolute atomic E-state index is 0.214. The van der Waals surface area contributed by atoms with Crippen LogP contribution >= 0.6 is 12.2 Å². The van der Waals surface area contributed by atoms with Crippen molar-refractivity contribution in [3.8, 4) is 0 Å². The van der Waals surface area contributed by atoms with Gasteiger partial charge in [0.05, 0.1) is 0 Å². The zero-order valence-electron chi connectivity index (χ0n) is 10.7. The van der Waals surface area contributed by atoms with E-state index in [1.165, 1.54) is 12.8 Å². The number of nitrogens with zero attached hydrogens (tertiary/aromatic N) is 1. The van der Waals surface area contributed by atoms with Crippen LogP contribution in [0.1, 0.15) is 25.7 Å². The van der Waals surface area contributed by atoms with Gasteiger partial charge in [-0.15, -0.1) is 0 Å². The maximum Gasteiger partial charge on any atom is 0.227 e. The summed E-state index contributed by atoms with van der Waals surface area (Å²) in [5.41, 5.74) is 1.92. The van der Waals surface area contributed by atoms with Gasteiger partial charge in [0.25, 0.3) is 0 Å². The van der Waals surface area contributed by atoms with Gasteiger partial charge in [-0.05, 0) is 55.7 Å². The molecule has 0 bridgehead atoms. The third-order valence-corrected chi connectivity index (χ3v) is 3.64. The average Bonchev–Trinajstić information content (AvgIpc) is 3.10. The van der Waals surface area contributed by atoms with Crippen molar-refractivity contribution in [3.05, 3.63) is 24.3 Å². The second-order valence-electron chi connectivity index (χ2n) is 5.07. The number of rotatable bonds is 3. The van der Waals surface area contributed by atoms with Gasteiger partial charge >= 0.3 is 0 Å². The number of nitrogens with one attached hydrogen (secondary N) is 2. The molecule has 0 spiro atoms. The quantitative estimate of drug-likeness (QED) is 0.831. The highest BCUT2D eigenvalue weighted by Gasteiger charge is 2.22. The molecule has 19 heavy (non-hydrogen) atoms. The van der Waals surface area contributed by atoms with E-state index in [-0.39, 0.29) is 5.91 Å². The van der Waals surface area contributed by atoms with Crippen LogP contribution < -0.4 is 15.5 Å². The highest BCUT2D eigenvalue weighted by atomic mass is 32.1. The summed E-state index contributed by atoms with van der Waals surface area (Å²) in [5.74, 6) is 0.214. The molecule has 1 aliphatic carbocycles. The van der Waals surface area contributed by atoms with E-state index in [1.54, 1.807) is 0 Å². The molecule has 100 valence electrons. The summed E-state index contributed by atoms with van der Waals surface area (Å²) in [6.45, 7) is 0.827. The number of carbonyl (C=O) groups is 1. The summed E-state index contributed by atoms with van der Waals surface area (Å²) in [6.07, 6.45) is 4.03. The van der Waals surface area contributed by atoms with E-state index in [9.17, 15) is 4.79 Å². The summed E-state index contributed by atoms with van der Waals surface area (Å²) >= 11 is 5.22. The molecule has 2 aliphatic rings. The fourth-order valence-electron chi connectivity index (χ4n) is 2.23. The van der Waals surface area contributed by atoms with Gasteiger partial charge in [0.1, 0.15) is 0 Å². The number of anilines is 2. The second-order valence-corrected chi connectivity index (χ2v) is 5.48. The SMILES string of the molecule is O=C1CCCN1c1ccc(NC(=S)NC2CC2)cc1. The molecule has 3 rings (SSSR count). The molecule has 2 fully saturated rings. The standard InChI is InChI=1S/C14H17N3OS/c18-13-2-1-9-17(13)12-7-5-11(6-8-12)16-14(19)15-10-3-4-10/h5-8,10H,1-4,9H2,(H2,15,16,19). The zero-order chi connectivity index (χ0) is 13.2. The van der Waals surface area contributed by atoms with Gasteiger partial charge in [0, 0.05) is 30.4 Å². The molecule has 0 unspecified atom stereocenters. The third-order valence-electron chi connectivity index (χ3n) is 3.42. The molecular formula is C14H17N3OS. The first kappa shape index (κ1) is 12.4. The molecule has 1 heterocycles. The van der Waals surface area contributed by atoms with Crippen molar-refractivity contribution in [2.45, 2.75) is 31.7 Å². The largest absolute Gasteiger partial charge is 0.360 e. The number of thiocarbonyl (C=S) groups is 1. The van der Waals surface area contributed by atoms with Crippen LogP contribution in [0.25, 0.3) is 0 Å². The van der Waals surface area contributed by atoms with Crippen LogP contribution in [0.2, 0.25) is 0 Å². The van der Waals surface area contributed by atoms with Gasteiger partial charge in [-0.25, -0.2) is 0 Å². The Kier molecular flexibility index (Phi) is 3.38. The molecule has 0 aromatic heterocycles. The minimum Gasteiger partial charge on any atom is -0.360 e. The summed E-state index contributed by atoms with van der Waals surface area (Å²) < 4.78 is 0. The lowest BCUT2D eigenvalue weighted by Crippen LogP contribution is -2.30. The molecule has 5 heteroatoms. The third kappa shape index (κ3) is 3.04. The lowest BCUT2D eigenvalue weighted by Gasteiger charge is -2.16. The normalized spacial score (nSPS) is 18.5. The Bertz CT molecular complexity index is 496. The van der Waals surface area contributed by atoms with Crippen LogP contribution in [-0.2, 0) is 4.79 Å². The summed E-state index contributed by atoms with van der Waals surface area (Å²) in [4.78, 5) is 13.5. The first-order valence-electron chi connectivity index (χ1n) is 6.70. The topological polar surface area (TPSA) is 44.4 Å². The Morgan fingerprint density at radius 1 is 1.26 bits per heavy atom. The average molecular weight is 275 g/mol. The highest BCUT2D eigenvalue weighted by Crippen LogP contribution is 2.23. The molecular weight excluding hydrogens is 258 g/mol. The fourth-order valence-corrected chi connectivity index (χ4v) is 2.51. The molecule has 1 aromatic carbocycles. The Labute approximate surface area is 118 Å². The molecule has 1 aliphatic heterocycles. The fraction of sp³-hybridized carbons (Fsp3) is 0.429. The van der Waals surface area contributed by atoms with Crippen molar-refractivity contribution in [3.63, 3.8) is 0 Å². The van der Waals surface area contributed by atoms with Crippen molar-refractivity contribution in [1.82, 2.24) is 5.32 Å².